The van der Waals surface area contributed by atoms with E-state index in [0.29, 0.717) is 23.3 Å². The summed E-state index contributed by atoms with van der Waals surface area (Å²) >= 11 is 7.64. The number of aromatic nitrogens is 2. The van der Waals surface area contributed by atoms with Gasteiger partial charge in [0, 0.05) is 30.5 Å². The van der Waals surface area contributed by atoms with Crippen molar-refractivity contribution in [3.63, 3.8) is 0 Å². The quantitative estimate of drug-likeness (QED) is 0.828. The predicted molar refractivity (Wildman–Crippen MR) is 101 cm³/mol. The van der Waals surface area contributed by atoms with Crippen LogP contribution in [-0.4, -0.2) is 27.5 Å². The van der Waals surface area contributed by atoms with Crippen molar-refractivity contribution in [3.05, 3.63) is 57.7 Å². The normalized spacial score (nSPS) is 16.6. The average molecular weight is 374 g/mol. The van der Waals surface area contributed by atoms with Crippen molar-refractivity contribution in [2.45, 2.75) is 37.1 Å². The molecule has 2 aromatic rings. The minimum absolute atomic E-state index is 0.0607. The lowest BCUT2D eigenvalue weighted by atomic mass is 9.85. The first-order valence-corrected chi connectivity index (χ1v) is 9.76. The summed E-state index contributed by atoms with van der Waals surface area (Å²) in [5.74, 6) is 0.534. The topological polar surface area (TPSA) is 49.0 Å². The molecule has 6 heteroatoms. The molecule has 0 saturated heterocycles. The number of carbonyl (C=O) groups excluding carboxylic acids is 1. The van der Waals surface area contributed by atoms with Crippen LogP contribution in [0.2, 0.25) is 5.15 Å². The van der Waals surface area contributed by atoms with Crippen LogP contribution in [0, 0.1) is 5.92 Å². The van der Waals surface area contributed by atoms with E-state index in [1.165, 1.54) is 40.2 Å². The molecule has 4 nitrogen and oxygen atoms in total. The van der Waals surface area contributed by atoms with E-state index in [2.05, 4.69) is 35.0 Å². The largest absolute Gasteiger partial charge is 0.333 e. The Morgan fingerprint density at radius 1 is 1.44 bits per heavy atom. The molecule has 0 spiro atoms. The number of allylic oxidation sites excluding steroid dienone is 1. The zero-order valence-corrected chi connectivity index (χ0v) is 15.5. The minimum Gasteiger partial charge on any atom is -0.333 e. The van der Waals surface area contributed by atoms with Gasteiger partial charge >= 0.3 is 0 Å². The molecule has 1 aromatic carbocycles. The van der Waals surface area contributed by atoms with E-state index in [4.69, 9.17) is 11.6 Å². The third-order valence-electron chi connectivity index (χ3n) is 4.93. The van der Waals surface area contributed by atoms with Gasteiger partial charge in [-0.3, -0.25) is 9.89 Å². The highest BCUT2D eigenvalue weighted by atomic mass is 35.5. The van der Waals surface area contributed by atoms with Gasteiger partial charge in [0.05, 0.1) is 0 Å². The molecule has 0 atom stereocenters. The lowest BCUT2D eigenvalue weighted by Crippen LogP contribution is -2.37. The highest BCUT2D eigenvalue weighted by Crippen LogP contribution is 2.41. The number of halogens is 1. The van der Waals surface area contributed by atoms with E-state index in [1.54, 1.807) is 17.8 Å². The molecule has 2 aliphatic rings. The van der Waals surface area contributed by atoms with Crippen LogP contribution < -0.4 is 0 Å². The standard InChI is InChI=1S/C19H20ClN3OS/c1-12-8-14-6-3-7-15(18(14)25-12)11-23(10-13-4-2-5-13)19(24)16-9-17(20)22-21-16/h3,6-7,9,13H,1-2,4-5,8,10-11H2,(H,21,22). The van der Waals surface area contributed by atoms with Crippen molar-refractivity contribution in [1.82, 2.24) is 15.1 Å². The monoisotopic (exact) mass is 373 g/mol. The molecule has 0 bridgehead atoms. The number of rotatable bonds is 5. The molecular formula is C19H20ClN3OS. The summed E-state index contributed by atoms with van der Waals surface area (Å²) in [4.78, 5) is 17.3. The van der Waals surface area contributed by atoms with Crippen LogP contribution in [0.3, 0.4) is 0 Å². The SMILES string of the molecule is C=C1Cc2cccc(CN(CC3CCC3)C(=O)c3cc(Cl)[nH]n3)c2S1. The molecule has 25 heavy (non-hydrogen) atoms. The minimum atomic E-state index is -0.0607. The second-order valence-electron chi connectivity index (χ2n) is 6.81. The van der Waals surface area contributed by atoms with Crippen molar-refractivity contribution < 1.29 is 4.79 Å². The van der Waals surface area contributed by atoms with Crippen LogP contribution in [0.5, 0.6) is 0 Å². The Kier molecular flexibility index (Phi) is 4.61. The molecule has 1 aliphatic carbocycles. The molecule has 0 unspecified atom stereocenters. The Bertz CT molecular complexity index is 828. The van der Waals surface area contributed by atoms with Gasteiger partial charge in [-0.1, -0.05) is 54.6 Å². The van der Waals surface area contributed by atoms with Gasteiger partial charge in [0.25, 0.3) is 5.91 Å². The van der Waals surface area contributed by atoms with Crippen molar-refractivity contribution >= 4 is 29.3 Å². The molecule has 4 rings (SSSR count). The van der Waals surface area contributed by atoms with Gasteiger partial charge in [-0.2, -0.15) is 5.10 Å². The van der Waals surface area contributed by atoms with Crippen LogP contribution in [0.1, 0.15) is 40.9 Å². The first kappa shape index (κ1) is 16.7. The number of nitrogens with zero attached hydrogens (tertiary/aromatic N) is 2. The zero-order chi connectivity index (χ0) is 17.4. The number of hydrogen-bond donors (Lipinski definition) is 1. The number of thioether (sulfide) groups is 1. The summed E-state index contributed by atoms with van der Waals surface area (Å²) in [5.41, 5.74) is 2.88. The van der Waals surface area contributed by atoms with Crippen LogP contribution in [-0.2, 0) is 13.0 Å². The van der Waals surface area contributed by atoms with Gasteiger partial charge in [-0.25, -0.2) is 0 Å². The number of benzene rings is 1. The highest BCUT2D eigenvalue weighted by Gasteiger charge is 2.27. The number of nitrogens with one attached hydrogen (secondary N) is 1. The summed E-state index contributed by atoms with van der Waals surface area (Å²) in [5, 5.41) is 7.08. The van der Waals surface area contributed by atoms with E-state index < -0.39 is 0 Å². The molecule has 130 valence electrons. The number of fused-ring (bicyclic) bond motifs is 1. The fourth-order valence-corrected chi connectivity index (χ4v) is 4.60. The number of hydrogen-bond acceptors (Lipinski definition) is 3. The number of aromatic amines is 1. The van der Waals surface area contributed by atoms with Gasteiger partial charge in [0.2, 0.25) is 0 Å². The van der Waals surface area contributed by atoms with Crippen LogP contribution in [0.4, 0.5) is 0 Å². The van der Waals surface area contributed by atoms with E-state index >= 15 is 0 Å². The second-order valence-corrected chi connectivity index (χ2v) is 8.40. The summed E-state index contributed by atoms with van der Waals surface area (Å²) in [6.07, 6.45) is 4.57. The fourth-order valence-electron chi connectivity index (χ4n) is 3.41. The Hall–Kier alpha value is -1.72. The Labute approximate surface area is 156 Å². The fraction of sp³-hybridized carbons (Fsp3) is 0.368. The highest BCUT2D eigenvalue weighted by molar-refractivity contribution is 8.03. The lowest BCUT2D eigenvalue weighted by molar-refractivity contribution is 0.0672. The molecule has 1 N–H and O–H groups in total. The van der Waals surface area contributed by atoms with Crippen molar-refractivity contribution in [2.24, 2.45) is 5.92 Å². The molecule has 2 heterocycles. The van der Waals surface area contributed by atoms with E-state index in [-0.39, 0.29) is 5.91 Å². The van der Waals surface area contributed by atoms with Crippen molar-refractivity contribution in [2.75, 3.05) is 6.54 Å². The van der Waals surface area contributed by atoms with E-state index in [1.807, 2.05) is 4.90 Å². The first-order valence-electron chi connectivity index (χ1n) is 8.56. The molecule has 0 radical (unpaired) electrons. The van der Waals surface area contributed by atoms with E-state index in [9.17, 15) is 4.79 Å². The smallest absolute Gasteiger partial charge is 0.274 e. The Morgan fingerprint density at radius 3 is 2.96 bits per heavy atom. The Balaban J connectivity index is 1.59. The maximum Gasteiger partial charge on any atom is 0.274 e. The first-order chi connectivity index (χ1) is 12.1. The maximum atomic E-state index is 13.0. The molecule has 1 fully saturated rings. The summed E-state index contributed by atoms with van der Waals surface area (Å²) in [6.45, 7) is 5.48. The molecular weight excluding hydrogens is 354 g/mol. The number of amides is 1. The predicted octanol–water partition coefficient (Wildman–Crippen LogP) is 4.67. The molecule has 1 aliphatic heterocycles. The summed E-state index contributed by atoms with van der Waals surface area (Å²) in [7, 11) is 0. The van der Waals surface area contributed by atoms with Gasteiger partial charge < -0.3 is 4.90 Å². The van der Waals surface area contributed by atoms with Gasteiger partial charge in [-0.15, -0.1) is 0 Å². The lowest BCUT2D eigenvalue weighted by Gasteiger charge is -2.32. The Morgan fingerprint density at radius 2 is 2.28 bits per heavy atom. The molecule has 1 saturated carbocycles. The second kappa shape index (κ2) is 6.89. The number of carbonyl (C=O) groups is 1. The van der Waals surface area contributed by atoms with Crippen LogP contribution in [0.15, 0.2) is 40.6 Å². The molecule has 1 amide bonds. The van der Waals surface area contributed by atoms with Crippen LogP contribution >= 0.6 is 23.4 Å². The third kappa shape index (κ3) is 3.48. The maximum absolute atomic E-state index is 13.0. The summed E-state index contributed by atoms with van der Waals surface area (Å²) in [6, 6.07) is 7.94. The van der Waals surface area contributed by atoms with Gasteiger partial charge in [0.1, 0.15) is 5.15 Å². The average Bonchev–Trinajstić information content (AvgIpc) is 3.14. The summed E-state index contributed by atoms with van der Waals surface area (Å²) < 4.78 is 0. The van der Waals surface area contributed by atoms with E-state index in [0.717, 1.165) is 13.0 Å². The van der Waals surface area contributed by atoms with Crippen molar-refractivity contribution in [1.29, 1.82) is 0 Å². The number of H-pyrrole nitrogens is 1. The third-order valence-corrected chi connectivity index (χ3v) is 6.28. The van der Waals surface area contributed by atoms with Gasteiger partial charge in [-0.05, 0) is 34.8 Å². The van der Waals surface area contributed by atoms with Gasteiger partial charge in [0.15, 0.2) is 5.69 Å². The van der Waals surface area contributed by atoms with Crippen LogP contribution in [0.25, 0.3) is 0 Å². The molecule has 1 aromatic heterocycles. The zero-order valence-electron chi connectivity index (χ0n) is 13.9. The van der Waals surface area contributed by atoms with Crippen molar-refractivity contribution in [3.8, 4) is 0 Å².